The van der Waals surface area contributed by atoms with E-state index in [2.05, 4.69) is 93.7 Å². The molecule has 3 fully saturated rings. The first-order valence-electron chi connectivity index (χ1n) is 21.2. The second kappa shape index (κ2) is 16.0. The third kappa shape index (κ3) is 7.78. The summed E-state index contributed by atoms with van der Waals surface area (Å²) < 4.78 is 0. The molecule has 0 radical (unpaired) electrons. The van der Waals surface area contributed by atoms with Crippen LogP contribution < -0.4 is 15.1 Å². The van der Waals surface area contributed by atoms with E-state index < -0.39 is 6.04 Å². The highest BCUT2D eigenvalue weighted by atomic mass is 16.3. The lowest BCUT2D eigenvalue weighted by Crippen LogP contribution is -2.52. The van der Waals surface area contributed by atoms with Gasteiger partial charge in [0, 0.05) is 81.6 Å². The summed E-state index contributed by atoms with van der Waals surface area (Å²) in [4.78, 5) is 46.5. The Morgan fingerprint density at radius 2 is 1.46 bits per heavy atom. The van der Waals surface area contributed by atoms with Crippen LogP contribution in [-0.4, -0.2) is 84.5 Å². The normalized spacial score (nSPS) is 23.6. The molecule has 296 valence electrons. The Labute approximate surface area is 336 Å². The summed E-state index contributed by atoms with van der Waals surface area (Å²) >= 11 is 0. The van der Waals surface area contributed by atoms with E-state index in [1.807, 2.05) is 24.3 Å². The molecular formula is C48H55N5O4. The summed E-state index contributed by atoms with van der Waals surface area (Å²) in [6.45, 7) is 10.1. The summed E-state index contributed by atoms with van der Waals surface area (Å²) in [6.07, 6.45) is 6.44. The predicted octanol–water partition coefficient (Wildman–Crippen LogP) is 7.08. The summed E-state index contributed by atoms with van der Waals surface area (Å²) in [6, 6.07) is 31.8. The average Bonchev–Trinajstić information content (AvgIpc) is 3.56. The van der Waals surface area contributed by atoms with Crippen molar-refractivity contribution in [1.29, 1.82) is 0 Å². The van der Waals surface area contributed by atoms with Gasteiger partial charge >= 0.3 is 0 Å². The number of piperidine rings is 2. The van der Waals surface area contributed by atoms with Crippen molar-refractivity contribution >= 4 is 29.1 Å². The summed E-state index contributed by atoms with van der Waals surface area (Å²) in [7, 11) is 0. The number of imide groups is 1. The van der Waals surface area contributed by atoms with Gasteiger partial charge in [0.15, 0.2) is 0 Å². The van der Waals surface area contributed by atoms with Gasteiger partial charge in [-0.2, -0.15) is 0 Å². The van der Waals surface area contributed by atoms with E-state index in [9.17, 15) is 19.5 Å². The molecule has 0 aromatic heterocycles. The first-order valence-corrected chi connectivity index (χ1v) is 21.2. The molecule has 57 heavy (non-hydrogen) atoms. The number of nitrogens with one attached hydrogen (secondary N) is 1. The zero-order valence-electron chi connectivity index (χ0n) is 33.1. The lowest BCUT2D eigenvalue weighted by atomic mass is 9.69. The number of anilines is 2. The molecule has 5 aliphatic rings. The van der Waals surface area contributed by atoms with E-state index in [0.29, 0.717) is 36.1 Å². The van der Waals surface area contributed by atoms with Gasteiger partial charge in [-0.15, -0.1) is 0 Å². The number of hydrogen-bond donors (Lipinski definition) is 2. The number of nitrogens with zero attached hydrogens (tertiary/aromatic N) is 4. The predicted molar refractivity (Wildman–Crippen MR) is 224 cm³/mol. The highest BCUT2D eigenvalue weighted by Gasteiger charge is 2.39. The molecule has 9 nitrogen and oxygen atoms in total. The average molecular weight is 766 g/mol. The summed E-state index contributed by atoms with van der Waals surface area (Å²) in [5, 5.41) is 12.6. The van der Waals surface area contributed by atoms with Gasteiger partial charge in [-0.1, -0.05) is 55.5 Å². The van der Waals surface area contributed by atoms with Gasteiger partial charge in [-0.3, -0.25) is 24.6 Å². The summed E-state index contributed by atoms with van der Waals surface area (Å²) in [5.41, 5.74) is 9.45. The van der Waals surface area contributed by atoms with E-state index in [-0.39, 0.29) is 30.1 Å². The van der Waals surface area contributed by atoms with E-state index in [4.69, 9.17) is 0 Å². The van der Waals surface area contributed by atoms with E-state index in [1.54, 1.807) is 4.90 Å². The Kier molecular flexibility index (Phi) is 10.5. The molecule has 9 heteroatoms. The molecule has 0 bridgehead atoms. The molecule has 0 saturated carbocycles. The maximum atomic E-state index is 13.2. The second-order valence-corrected chi connectivity index (χ2v) is 17.3. The number of aromatic hydroxyl groups is 1. The number of phenols is 1. The first-order chi connectivity index (χ1) is 27.8. The number of amides is 3. The topological polar surface area (TPSA) is 96.4 Å². The van der Waals surface area contributed by atoms with Crippen LogP contribution >= 0.6 is 0 Å². The zero-order chi connectivity index (χ0) is 39.0. The number of piperazine rings is 1. The van der Waals surface area contributed by atoms with Crippen molar-refractivity contribution in [3.63, 3.8) is 0 Å². The van der Waals surface area contributed by atoms with Crippen LogP contribution in [0, 0.1) is 11.8 Å². The van der Waals surface area contributed by atoms with E-state index in [1.165, 1.54) is 47.2 Å². The lowest BCUT2D eigenvalue weighted by Gasteiger charge is -2.39. The number of carbonyl (C=O) groups excluding carboxylic acids is 3. The van der Waals surface area contributed by atoms with Gasteiger partial charge in [0.2, 0.25) is 11.8 Å². The van der Waals surface area contributed by atoms with Crippen LogP contribution in [0.2, 0.25) is 0 Å². The number of aryl methyl sites for hydroxylation is 1. The minimum absolute atomic E-state index is 0.119. The van der Waals surface area contributed by atoms with Crippen molar-refractivity contribution in [2.24, 2.45) is 11.8 Å². The van der Waals surface area contributed by atoms with Crippen molar-refractivity contribution in [3.8, 4) is 5.75 Å². The molecule has 4 heterocycles. The van der Waals surface area contributed by atoms with Crippen molar-refractivity contribution in [3.05, 3.63) is 124 Å². The SMILES string of the molecule is CC(CC1CCN(c2ccc(C3c4ccc(O)cc4CCC3c3ccccc3)cc2)CC1)CN1CCN(c2ccc3c(c2)CN(C2CCC(=O)NC2=O)C3=O)CC1. The number of carbonyl (C=O) groups is 3. The van der Waals surface area contributed by atoms with Crippen molar-refractivity contribution in [2.75, 3.05) is 55.6 Å². The highest BCUT2D eigenvalue weighted by molar-refractivity contribution is 6.05. The Morgan fingerprint density at radius 1 is 0.719 bits per heavy atom. The maximum absolute atomic E-state index is 13.2. The fourth-order valence-electron chi connectivity index (χ4n) is 10.6. The summed E-state index contributed by atoms with van der Waals surface area (Å²) in [5.74, 6) is 1.69. The van der Waals surface area contributed by atoms with Crippen LogP contribution in [0.3, 0.4) is 0 Å². The van der Waals surface area contributed by atoms with Crippen LogP contribution in [0.15, 0.2) is 91.0 Å². The van der Waals surface area contributed by atoms with Crippen LogP contribution in [-0.2, 0) is 22.6 Å². The molecule has 9 rings (SSSR count). The molecule has 4 aliphatic heterocycles. The molecule has 4 unspecified atom stereocenters. The molecule has 0 spiro atoms. The van der Waals surface area contributed by atoms with Crippen LogP contribution in [0.4, 0.5) is 11.4 Å². The van der Waals surface area contributed by atoms with E-state index >= 15 is 0 Å². The van der Waals surface area contributed by atoms with E-state index in [0.717, 1.165) is 75.8 Å². The monoisotopic (exact) mass is 765 g/mol. The Balaban J connectivity index is 0.748. The maximum Gasteiger partial charge on any atom is 0.255 e. The van der Waals surface area contributed by atoms with Crippen molar-refractivity contribution in [1.82, 2.24) is 15.1 Å². The Morgan fingerprint density at radius 3 is 2.21 bits per heavy atom. The van der Waals surface area contributed by atoms with Gasteiger partial charge in [-0.25, -0.2) is 0 Å². The Hall–Kier alpha value is -5.15. The van der Waals surface area contributed by atoms with Gasteiger partial charge in [-0.05, 0) is 127 Å². The minimum atomic E-state index is -0.583. The molecule has 1 aliphatic carbocycles. The number of benzene rings is 4. The van der Waals surface area contributed by atoms with Crippen LogP contribution in [0.1, 0.15) is 95.5 Å². The number of rotatable bonds is 9. The van der Waals surface area contributed by atoms with Gasteiger partial charge in [0.25, 0.3) is 5.91 Å². The van der Waals surface area contributed by atoms with Gasteiger partial charge in [0.1, 0.15) is 11.8 Å². The molecule has 4 aromatic rings. The third-order valence-electron chi connectivity index (χ3n) is 13.6. The quantitative estimate of drug-likeness (QED) is 0.176. The number of phenolic OH excluding ortho intramolecular Hbond substituents is 1. The highest BCUT2D eigenvalue weighted by Crippen LogP contribution is 2.47. The largest absolute Gasteiger partial charge is 0.508 e. The molecular weight excluding hydrogens is 711 g/mol. The third-order valence-corrected chi connectivity index (χ3v) is 13.6. The Bertz CT molecular complexity index is 2110. The molecule has 4 atom stereocenters. The number of fused-ring (bicyclic) bond motifs is 2. The van der Waals surface area contributed by atoms with Crippen LogP contribution in [0.25, 0.3) is 0 Å². The molecule has 4 aromatic carbocycles. The molecule has 2 N–H and O–H groups in total. The molecule has 3 amide bonds. The van der Waals surface area contributed by atoms with Gasteiger partial charge in [0.05, 0.1) is 0 Å². The van der Waals surface area contributed by atoms with Gasteiger partial charge < -0.3 is 19.8 Å². The second-order valence-electron chi connectivity index (χ2n) is 17.3. The number of hydrogen-bond acceptors (Lipinski definition) is 7. The van der Waals surface area contributed by atoms with Crippen molar-refractivity contribution in [2.45, 2.75) is 76.3 Å². The first kappa shape index (κ1) is 37.4. The smallest absolute Gasteiger partial charge is 0.255 e. The lowest BCUT2D eigenvalue weighted by molar-refractivity contribution is -0.136. The van der Waals surface area contributed by atoms with Crippen LogP contribution in [0.5, 0.6) is 5.75 Å². The van der Waals surface area contributed by atoms with Crippen molar-refractivity contribution < 1.29 is 19.5 Å². The standard InChI is InChI=1S/C48H55N5O4/c1-32(30-50-23-25-52(26-24-50)39-12-15-43-37(28-39)31-53(48(43)57)44-17-18-45(55)49-47(44)56)27-33-19-21-51(22-20-33)38-10-7-35(8-11-38)46-41(34-5-3-2-4-6-34)14-9-36-29-40(54)13-16-42(36)46/h2-8,10-13,15-16,28-29,32-33,41,44,46,54H,9,14,17-27,30-31H2,1H3,(H,49,55,56). The molecule has 3 saturated heterocycles. The minimum Gasteiger partial charge on any atom is -0.508 e. The fraction of sp³-hybridized carbons (Fsp3) is 0.438. The zero-order valence-corrected chi connectivity index (χ0v) is 33.1. The fourth-order valence-corrected chi connectivity index (χ4v) is 10.6.